The third-order valence-electron chi connectivity index (χ3n) is 2.45. The minimum absolute atomic E-state index is 0.0324. The Morgan fingerprint density at radius 3 is 1.28 bits per heavy atom. The molecule has 92 valence electrons. The Hall–Kier alpha value is -1.00. The molecule has 0 fully saturated rings. The first kappa shape index (κ1) is 13.4. The summed E-state index contributed by atoms with van der Waals surface area (Å²) in [4.78, 5) is 0. The van der Waals surface area contributed by atoms with Crippen molar-refractivity contribution in [3.8, 4) is 0 Å². The average molecular weight is 374 g/mol. The van der Waals surface area contributed by atoms with E-state index in [0.717, 1.165) is 8.95 Å². The van der Waals surface area contributed by atoms with Gasteiger partial charge in [-0.05, 0) is 35.4 Å². The van der Waals surface area contributed by atoms with E-state index in [-0.39, 0.29) is 5.57 Å². The third-order valence-corrected chi connectivity index (χ3v) is 3.51. The van der Waals surface area contributed by atoms with Gasteiger partial charge in [0.1, 0.15) is 0 Å². The highest BCUT2D eigenvalue weighted by Gasteiger charge is 2.11. The molecule has 0 spiro atoms. The summed E-state index contributed by atoms with van der Waals surface area (Å²) in [5, 5.41) is 0. The normalized spacial score (nSPS) is 10.2. The summed E-state index contributed by atoms with van der Waals surface area (Å²) in [6.07, 6.45) is -1.68. The van der Waals surface area contributed by atoms with Crippen molar-refractivity contribution in [3.63, 3.8) is 0 Å². The lowest BCUT2D eigenvalue weighted by Gasteiger charge is -2.07. The average Bonchev–Trinajstić information content (AvgIpc) is 2.34. The standard InChI is InChI=1S/C14H8Br2F2/c15-11-5-1-9(2-6-11)13(14(17)18)10-3-7-12(16)8-4-10/h1-8H. The fraction of sp³-hybridized carbons (Fsp3) is 0. The van der Waals surface area contributed by atoms with E-state index in [2.05, 4.69) is 31.9 Å². The Bertz CT molecular complexity index is 520. The molecule has 0 bridgehead atoms. The fourth-order valence-electron chi connectivity index (χ4n) is 1.62. The molecule has 0 saturated carbocycles. The van der Waals surface area contributed by atoms with Crippen LogP contribution < -0.4 is 0 Å². The van der Waals surface area contributed by atoms with Crippen LogP contribution in [0.15, 0.2) is 63.6 Å². The smallest absolute Gasteiger partial charge is 0.173 e. The number of hydrogen-bond acceptors (Lipinski definition) is 0. The zero-order chi connectivity index (χ0) is 13.1. The van der Waals surface area contributed by atoms with Gasteiger partial charge in [0.15, 0.2) is 0 Å². The van der Waals surface area contributed by atoms with Crippen LogP contribution in [-0.4, -0.2) is 0 Å². The minimum Gasteiger partial charge on any atom is -0.173 e. The molecule has 0 saturated heterocycles. The number of hydrogen-bond donors (Lipinski definition) is 0. The van der Waals surface area contributed by atoms with Gasteiger partial charge in [-0.3, -0.25) is 0 Å². The summed E-state index contributed by atoms with van der Waals surface area (Å²) in [6, 6.07) is 13.7. The van der Waals surface area contributed by atoms with E-state index in [1.807, 2.05) is 0 Å². The molecule has 0 amide bonds. The molecule has 0 heterocycles. The molecule has 0 aliphatic carbocycles. The molecule has 2 aromatic rings. The van der Waals surface area contributed by atoms with E-state index in [1.54, 1.807) is 48.5 Å². The van der Waals surface area contributed by atoms with Gasteiger partial charge in [0.25, 0.3) is 6.08 Å². The van der Waals surface area contributed by atoms with E-state index in [9.17, 15) is 8.78 Å². The maximum atomic E-state index is 13.1. The highest BCUT2D eigenvalue weighted by molar-refractivity contribution is 9.10. The lowest BCUT2D eigenvalue weighted by molar-refractivity contribution is 0.426. The fourth-order valence-corrected chi connectivity index (χ4v) is 2.15. The van der Waals surface area contributed by atoms with Crippen LogP contribution in [0.3, 0.4) is 0 Å². The Balaban J connectivity index is 2.51. The van der Waals surface area contributed by atoms with Gasteiger partial charge in [-0.1, -0.05) is 56.1 Å². The Morgan fingerprint density at radius 1 is 0.667 bits per heavy atom. The molecule has 2 rings (SSSR count). The van der Waals surface area contributed by atoms with E-state index < -0.39 is 6.08 Å². The second-order valence-electron chi connectivity index (χ2n) is 3.65. The maximum absolute atomic E-state index is 13.1. The molecule has 0 radical (unpaired) electrons. The quantitative estimate of drug-likeness (QED) is 0.617. The van der Waals surface area contributed by atoms with Crippen LogP contribution in [-0.2, 0) is 0 Å². The molecule has 0 aromatic heterocycles. The van der Waals surface area contributed by atoms with Crippen molar-refractivity contribution in [1.82, 2.24) is 0 Å². The Kier molecular flexibility index (Phi) is 4.30. The molecular formula is C14H8Br2F2. The van der Waals surface area contributed by atoms with Crippen molar-refractivity contribution in [1.29, 1.82) is 0 Å². The molecule has 0 aliphatic rings. The second-order valence-corrected chi connectivity index (χ2v) is 5.48. The molecule has 0 unspecified atom stereocenters. The number of halogens is 4. The van der Waals surface area contributed by atoms with Gasteiger partial charge >= 0.3 is 0 Å². The van der Waals surface area contributed by atoms with Crippen molar-refractivity contribution in [2.45, 2.75) is 0 Å². The van der Waals surface area contributed by atoms with Gasteiger partial charge in [-0.25, -0.2) is 0 Å². The van der Waals surface area contributed by atoms with Gasteiger partial charge in [-0.15, -0.1) is 0 Å². The van der Waals surface area contributed by atoms with Gasteiger partial charge in [-0.2, -0.15) is 8.78 Å². The molecule has 2 aromatic carbocycles. The van der Waals surface area contributed by atoms with Gasteiger partial charge in [0.05, 0.1) is 5.57 Å². The summed E-state index contributed by atoms with van der Waals surface area (Å²) in [5.41, 5.74) is 0.969. The molecule has 0 nitrogen and oxygen atoms in total. The highest BCUT2D eigenvalue weighted by atomic mass is 79.9. The number of benzene rings is 2. The van der Waals surface area contributed by atoms with Crippen molar-refractivity contribution < 1.29 is 8.78 Å². The van der Waals surface area contributed by atoms with Crippen molar-refractivity contribution in [2.75, 3.05) is 0 Å². The third kappa shape index (κ3) is 3.06. The molecule has 18 heavy (non-hydrogen) atoms. The van der Waals surface area contributed by atoms with E-state index in [0.29, 0.717) is 11.1 Å². The van der Waals surface area contributed by atoms with Crippen LogP contribution in [0, 0.1) is 0 Å². The first-order chi connectivity index (χ1) is 8.58. The molecular weight excluding hydrogens is 366 g/mol. The van der Waals surface area contributed by atoms with E-state index >= 15 is 0 Å². The number of rotatable bonds is 2. The summed E-state index contributed by atoms with van der Waals surface area (Å²) in [6.45, 7) is 0. The monoisotopic (exact) mass is 372 g/mol. The molecule has 0 N–H and O–H groups in total. The van der Waals surface area contributed by atoms with Gasteiger partial charge in [0.2, 0.25) is 0 Å². The summed E-state index contributed by atoms with van der Waals surface area (Å²) in [7, 11) is 0. The second kappa shape index (κ2) is 5.76. The van der Waals surface area contributed by atoms with Crippen molar-refractivity contribution in [2.24, 2.45) is 0 Å². The predicted octanol–water partition coefficient (Wildman–Crippen LogP) is 5.87. The summed E-state index contributed by atoms with van der Waals surface area (Å²) >= 11 is 6.58. The SMILES string of the molecule is FC(F)=C(c1ccc(Br)cc1)c1ccc(Br)cc1. The predicted molar refractivity (Wildman–Crippen MR) is 76.5 cm³/mol. The van der Waals surface area contributed by atoms with Gasteiger partial charge < -0.3 is 0 Å². The van der Waals surface area contributed by atoms with Gasteiger partial charge in [0, 0.05) is 8.95 Å². The van der Waals surface area contributed by atoms with Crippen LogP contribution in [0.25, 0.3) is 5.57 Å². The topological polar surface area (TPSA) is 0 Å². The summed E-state index contributed by atoms with van der Waals surface area (Å²) in [5.74, 6) is 0. The van der Waals surface area contributed by atoms with Crippen LogP contribution in [0.1, 0.15) is 11.1 Å². The highest BCUT2D eigenvalue weighted by Crippen LogP contribution is 2.30. The van der Waals surface area contributed by atoms with Crippen LogP contribution in [0.4, 0.5) is 8.78 Å². The van der Waals surface area contributed by atoms with Crippen LogP contribution in [0.2, 0.25) is 0 Å². The minimum atomic E-state index is -1.68. The van der Waals surface area contributed by atoms with Crippen LogP contribution >= 0.6 is 31.9 Å². The zero-order valence-electron chi connectivity index (χ0n) is 9.13. The summed E-state index contributed by atoms with van der Waals surface area (Å²) < 4.78 is 28.0. The van der Waals surface area contributed by atoms with E-state index in [1.165, 1.54) is 0 Å². The maximum Gasteiger partial charge on any atom is 0.278 e. The Morgan fingerprint density at radius 2 is 1.00 bits per heavy atom. The first-order valence-corrected chi connectivity index (χ1v) is 6.73. The van der Waals surface area contributed by atoms with Crippen molar-refractivity contribution in [3.05, 3.63) is 74.7 Å². The largest absolute Gasteiger partial charge is 0.278 e. The van der Waals surface area contributed by atoms with Crippen molar-refractivity contribution >= 4 is 37.4 Å². The van der Waals surface area contributed by atoms with Crippen LogP contribution in [0.5, 0.6) is 0 Å². The lowest BCUT2D eigenvalue weighted by Crippen LogP contribution is -1.89. The lowest BCUT2D eigenvalue weighted by atomic mass is 9.99. The molecule has 4 heteroatoms. The Labute approximate surface area is 121 Å². The molecule has 0 atom stereocenters. The van der Waals surface area contributed by atoms with E-state index in [4.69, 9.17) is 0 Å². The zero-order valence-corrected chi connectivity index (χ0v) is 12.3. The first-order valence-electron chi connectivity index (χ1n) is 5.15. The molecule has 0 aliphatic heterocycles.